The highest BCUT2D eigenvalue weighted by molar-refractivity contribution is 5.77. The molecule has 2 aromatic heterocycles. The van der Waals surface area contributed by atoms with Gasteiger partial charge < -0.3 is 14.0 Å². The first-order chi connectivity index (χ1) is 15.5. The molecule has 0 unspecified atom stereocenters. The first kappa shape index (κ1) is 20.4. The van der Waals surface area contributed by atoms with E-state index in [4.69, 9.17) is 9.47 Å². The molecule has 0 saturated carbocycles. The fraction of sp³-hybridized carbons (Fsp3) is 0.292. The number of hydrogen-bond donors (Lipinski definition) is 0. The zero-order valence-corrected chi connectivity index (χ0v) is 18.0. The number of aryl methyl sites for hydroxylation is 2. The van der Waals surface area contributed by atoms with Gasteiger partial charge in [-0.05, 0) is 54.4 Å². The molecule has 0 amide bonds. The van der Waals surface area contributed by atoms with E-state index in [0.29, 0.717) is 18.9 Å². The molecule has 0 fully saturated rings. The van der Waals surface area contributed by atoms with Crippen LogP contribution in [0.2, 0.25) is 0 Å². The van der Waals surface area contributed by atoms with Gasteiger partial charge in [-0.2, -0.15) is 5.10 Å². The number of fused-ring (bicyclic) bond motifs is 3. The Morgan fingerprint density at radius 1 is 1.22 bits per heavy atom. The number of rotatable bonds is 5. The number of aromatic nitrogens is 4. The van der Waals surface area contributed by atoms with E-state index >= 15 is 0 Å². The van der Waals surface area contributed by atoms with Crippen LogP contribution >= 0.6 is 0 Å². The average Bonchev–Trinajstić information content (AvgIpc) is 3.32. The molecule has 0 atom stereocenters. The van der Waals surface area contributed by atoms with Gasteiger partial charge in [-0.3, -0.25) is 9.48 Å². The zero-order valence-electron chi connectivity index (χ0n) is 18.0. The van der Waals surface area contributed by atoms with Crippen LogP contribution in [0, 0.1) is 12.7 Å². The molecule has 4 aromatic rings. The van der Waals surface area contributed by atoms with Crippen LogP contribution in [0.3, 0.4) is 0 Å². The van der Waals surface area contributed by atoms with Gasteiger partial charge in [-0.25, -0.2) is 9.37 Å². The highest BCUT2D eigenvalue weighted by Crippen LogP contribution is 2.24. The summed E-state index contributed by atoms with van der Waals surface area (Å²) in [6.07, 6.45) is 0.0993. The molecular weight excluding hydrogens is 411 g/mol. The molecule has 0 saturated heterocycles. The maximum absolute atomic E-state index is 13.4. The molecule has 0 bridgehead atoms. The van der Waals surface area contributed by atoms with Crippen LogP contribution in [0.1, 0.15) is 22.6 Å². The Morgan fingerprint density at radius 3 is 2.94 bits per heavy atom. The lowest BCUT2D eigenvalue weighted by atomic mass is 10.1. The van der Waals surface area contributed by atoms with Crippen molar-refractivity contribution in [1.29, 1.82) is 0 Å². The molecule has 0 N–H and O–H groups in total. The van der Waals surface area contributed by atoms with E-state index in [0.717, 1.165) is 45.8 Å². The minimum Gasteiger partial charge on any atom is -0.461 e. The number of carbonyl (C=O) groups excluding carboxylic acids is 1. The summed E-state index contributed by atoms with van der Waals surface area (Å²) in [6, 6.07) is 12.3. The molecule has 1 aliphatic heterocycles. The summed E-state index contributed by atoms with van der Waals surface area (Å²) < 4.78 is 28.2. The largest absolute Gasteiger partial charge is 0.461 e. The number of nitrogens with zero attached hydrogens (tertiary/aromatic N) is 4. The van der Waals surface area contributed by atoms with Gasteiger partial charge in [-0.1, -0.05) is 6.07 Å². The van der Waals surface area contributed by atoms with Gasteiger partial charge in [0.05, 0.1) is 29.8 Å². The van der Waals surface area contributed by atoms with Crippen LogP contribution in [0.15, 0.2) is 42.5 Å². The topological polar surface area (TPSA) is 71.2 Å². The van der Waals surface area contributed by atoms with Crippen LogP contribution in [0.4, 0.5) is 4.39 Å². The van der Waals surface area contributed by atoms with Gasteiger partial charge in [0, 0.05) is 24.8 Å². The molecule has 2 aromatic carbocycles. The molecule has 3 heterocycles. The molecular formula is C24H23FN4O3. The highest BCUT2D eigenvalue weighted by Gasteiger charge is 2.16. The SMILES string of the molecule is Cc1cc(F)ccc1-c1cc(CC(=O)OCc2ccc3c(c2)nc2n3CCOC2)n(C)n1. The van der Waals surface area contributed by atoms with Crippen molar-refractivity contribution in [2.45, 2.75) is 33.1 Å². The number of carbonyl (C=O) groups is 1. The fourth-order valence-corrected chi connectivity index (χ4v) is 4.07. The van der Waals surface area contributed by atoms with E-state index in [1.54, 1.807) is 17.8 Å². The number of ether oxygens (including phenoxy) is 2. The van der Waals surface area contributed by atoms with Crippen molar-refractivity contribution in [1.82, 2.24) is 19.3 Å². The van der Waals surface area contributed by atoms with Crippen molar-refractivity contribution < 1.29 is 18.7 Å². The lowest BCUT2D eigenvalue weighted by Crippen LogP contribution is -2.16. The lowest BCUT2D eigenvalue weighted by molar-refractivity contribution is -0.144. The average molecular weight is 434 g/mol. The molecule has 164 valence electrons. The second kappa shape index (κ2) is 8.20. The first-order valence-corrected chi connectivity index (χ1v) is 10.5. The number of imidazole rings is 1. The monoisotopic (exact) mass is 434 g/mol. The third-order valence-electron chi connectivity index (χ3n) is 5.75. The fourth-order valence-electron chi connectivity index (χ4n) is 4.07. The normalized spacial score (nSPS) is 13.3. The lowest BCUT2D eigenvalue weighted by Gasteiger charge is -2.14. The third kappa shape index (κ3) is 3.89. The summed E-state index contributed by atoms with van der Waals surface area (Å²) in [6.45, 7) is 4.01. The summed E-state index contributed by atoms with van der Waals surface area (Å²) in [5, 5.41) is 4.47. The minimum atomic E-state index is -0.340. The van der Waals surface area contributed by atoms with Gasteiger partial charge >= 0.3 is 5.97 Å². The molecule has 1 aliphatic rings. The Bertz CT molecular complexity index is 1320. The van der Waals surface area contributed by atoms with Gasteiger partial charge in [-0.15, -0.1) is 0 Å². The minimum absolute atomic E-state index is 0.0993. The molecule has 8 heteroatoms. The number of benzene rings is 2. The van der Waals surface area contributed by atoms with Crippen molar-refractivity contribution in [2.24, 2.45) is 7.05 Å². The predicted molar refractivity (Wildman–Crippen MR) is 116 cm³/mol. The quantitative estimate of drug-likeness (QED) is 0.448. The van der Waals surface area contributed by atoms with Gasteiger partial charge in [0.25, 0.3) is 0 Å². The summed E-state index contributed by atoms with van der Waals surface area (Å²) in [7, 11) is 1.78. The van der Waals surface area contributed by atoms with Crippen LogP contribution in [-0.4, -0.2) is 31.9 Å². The molecule has 5 rings (SSSR count). The summed E-state index contributed by atoms with van der Waals surface area (Å²) in [4.78, 5) is 17.1. The second-order valence-electron chi connectivity index (χ2n) is 8.00. The highest BCUT2D eigenvalue weighted by atomic mass is 19.1. The maximum atomic E-state index is 13.4. The van der Waals surface area contributed by atoms with Crippen LogP contribution in [-0.2, 0) is 47.5 Å². The summed E-state index contributed by atoms with van der Waals surface area (Å²) in [5.41, 5.74) is 5.89. The first-order valence-electron chi connectivity index (χ1n) is 10.5. The summed E-state index contributed by atoms with van der Waals surface area (Å²) >= 11 is 0. The molecule has 0 spiro atoms. The Labute approximate surface area is 184 Å². The van der Waals surface area contributed by atoms with Crippen molar-refractivity contribution in [2.75, 3.05) is 6.61 Å². The molecule has 0 aliphatic carbocycles. The Morgan fingerprint density at radius 2 is 2.09 bits per heavy atom. The summed E-state index contributed by atoms with van der Waals surface area (Å²) in [5.74, 6) is 0.296. The predicted octanol–water partition coefficient (Wildman–Crippen LogP) is 3.70. The van der Waals surface area contributed by atoms with Crippen molar-refractivity contribution >= 4 is 17.0 Å². The van der Waals surface area contributed by atoms with Crippen molar-refractivity contribution in [3.63, 3.8) is 0 Å². The van der Waals surface area contributed by atoms with Gasteiger partial charge in [0.2, 0.25) is 0 Å². The molecule has 32 heavy (non-hydrogen) atoms. The van der Waals surface area contributed by atoms with E-state index < -0.39 is 0 Å². The smallest absolute Gasteiger partial charge is 0.312 e. The van der Waals surface area contributed by atoms with Crippen molar-refractivity contribution in [3.8, 4) is 11.3 Å². The Hall–Kier alpha value is -3.52. The number of esters is 1. The maximum Gasteiger partial charge on any atom is 0.312 e. The second-order valence-corrected chi connectivity index (χ2v) is 8.00. The van der Waals surface area contributed by atoms with E-state index in [2.05, 4.69) is 14.6 Å². The third-order valence-corrected chi connectivity index (χ3v) is 5.75. The standard InChI is InChI=1S/C24H23FN4O3/c1-15-9-17(25)4-5-19(15)20-11-18(28(2)27-20)12-24(30)32-13-16-3-6-22-21(10-16)26-23-14-31-8-7-29(22)23/h3-6,9-11H,7-8,12-14H2,1-2H3. The van der Waals surface area contributed by atoms with Crippen LogP contribution < -0.4 is 0 Å². The van der Waals surface area contributed by atoms with E-state index in [1.165, 1.54) is 12.1 Å². The van der Waals surface area contributed by atoms with E-state index in [-0.39, 0.29) is 24.8 Å². The van der Waals surface area contributed by atoms with Gasteiger partial charge in [0.15, 0.2) is 0 Å². The Balaban J connectivity index is 1.26. The Kier molecular flexibility index (Phi) is 5.22. The number of halogens is 1. The molecule has 7 nitrogen and oxygen atoms in total. The van der Waals surface area contributed by atoms with Crippen molar-refractivity contribution in [3.05, 3.63) is 70.9 Å². The number of hydrogen-bond acceptors (Lipinski definition) is 5. The molecule has 0 radical (unpaired) electrons. The van der Waals surface area contributed by atoms with E-state index in [9.17, 15) is 9.18 Å². The van der Waals surface area contributed by atoms with E-state index in [1.807, 2.05) is 31.2 Å². The zero-order chi connectivity index (χ0) is 22.2. The van der Waals surface area contributed by atoms with Gasteiger partial charge in [0.1, 0.15) is 24.9 Å². The van der Waals surface area contributed by atoms with Crippen LogP contribution in [0.25, 0.3) is 22.3 Å². The van der Waals surface area contributed by atoms with Crippen LogP contribution in [0.5, 0.6) is 0 Å².